The van der Waals surface area contributed by atoms with Gasteiger partial charge in [-0.15, -0.1) is 0 Å². The molecule has 0 atom stereocenters. The largest absolute Gasteiger partial charge is 0.493 e. The van der Waals surface area contributed by atoms with E-state index < -0.39 is 5.54 Å². The number of para-hydroxylation sites is 2. The van der Waals surface area contributed by atoms with Gasteiger partial charge in [0.2, 0.25) is 0 Å². The molecular weight excluding hydrogens is 374 g/mol. The molecule has 8 nitrogen and oxygen atoms in total. The van der Waals surface area contributed by atoms with E-state index in [2.05, 4.69) is 0 Å². The predicted octanol–water partition coefficient (Wildman–Crippen LogP) is 1.99. The molecule has 0 bridgehead atoms. The molecule has 158 valence electrons. The van der Waals surface area contributed by atoms with Gasteiger partial charge in [-0.3, -0.25) is 14.5 Å². The third kappa shape index (κ3) is 3.88. The minimum Gasteiger partial charge on any atom is -0.493 e. The molecular formula is C21H29N3O5. The molecule has 1 spiro atoms. The van der Waals surface area contributed by atoms with Crippen molar-refractivity contribution in [1.29, 1.82) is 0 Å². The minimum atomic E-state index is -0.837. The Morgan fingerprint density at radius 1 is 1.14 bits per heavy atom. The zero-order valence-corrected chi connectivity index (χ0v) is 17.5. The summed E-state index contributed by atoms with van der Waals surface area (Å²) in [5.74, 6) is 1.02. The lowest BCUT2D eigenvalue weighted by Crippen LogP contribution is -2.58. The fourth-order valence-electron chi connectivity index (χ4n) is 4.08. The van der Waals surface area contributed by atoms with Gasteiger partial charge in [-0.05, 0) is 30.9 Å². The fourth-order valence-corrected chi connectivity index (χ4v) is 4.08. The average molecular weight is 403 g/mol. The second kappa shape index (κ2) is 8.31. The second-order valence-electron chi connectivity index (χ2n) is 8.00. The summed E-state index contributed by atoms with van der Waals surface area (Å²) in [6.45, 7) is 5.30. The van der Waals surface area contributed by atoms with Crippen molar-refractivity contribution < 1.29 is 23.9 Å². The maximum atomic E-state index is 12.9. The Labute approximate surface area is 171 Å². The number of carbonyl (C=O) groups is 3. The number of nitrogens with zero attached hydrogens (tertiary/aromatic N) is 3. The molecule has 0 saturated carbocycles. The van der Waals surface area contributed by atoms with Crippen LogP contribution < -0.4 is 9.47 Å². The quantitative estimate of drug-likeness (QED) is 0.679. The van der Waals surface area contributed by atoms with E-state index in [4.69, 9.17) is 9.47 Å². The molecule has 3 rings (SSSR count). The van der Waals surface area contributed by atoms with Crippen LogP contribution in [0, 0.1) is 5.92 Å². The lowest BCUT2D eigenvalue weighted by Gasteiger charge is -2.42. The summed E-state index contributed by atoms with van der Waals surface area (Å²) >= 11 is 0. The van der Waals surface area contributed by atoms with Gasteiger partial charge in [-0.25, -0.2) is 4.79 Å². The van der Waals surface area contributed by atoms with Crippen LogP contribution in [0.2, 0.25) is 0 Å². The summed E-state index contributed by atoms with van der Waals surface area (Å²) in [4.78, 5) is 42.7. The highest BCUT2D eigenvalue weighted by Gasteiger charge is 2.57. The smallest absolute Gasteiger partial charge is 0.327 e. The Bertz CT molecular complexity index is 786. The Balaban J connectivity index is 1.63. The average Bonchev–Trinajstić information content (AvgIpc) is 2.88. The number of urea groups is 1. The second-order valence-corrected chi connectivity index (χ2v) is 8.00. The van der Waals surface area contributed by atoms with Crippen LogP contribution in [0.25, 0.3) is 0 Å². The Hall–Kier alpha value is -2.77. The molecule has 0 N–H and O–H groups in total. The van der Waals surface area contributed by atoms with Crippen LogP contribution >= 0.6 is 0 Å². The van der Waals surface area contributed by atoms with Crippen molar-refractivity contribution in [3.63, 3.8) is 0 Å². The van der Waals surface area contributed by atoms with Crippen LogP contribution in [0.15, 0.2) is 24.3 Å². The lowest BCUT2D eigenvalue weighted by atomic mass is 9.85. The highest BCUT2D eigenvalue weighted by atomic mass is 16.5. The van der Waals surface area contributed by atoms with Crippen molar-refractivity contribution in [2.45, 2.75) is 32.2 Å². The lowest BCUT2D eigenvalue weighted by molar-refractivity contribution is -0.141. The van der Waals surface area contributed by atoms with Gasteiger partial charge in [-0.2, -0.15) is 0 Å². The number of amides is 4. The fraction of sp³-hybridized carbons (Fsp3) is 0.571. The summed E-state index contributed by atoms with van der Waals surface area (Å²) in [6, 6.07) is 6.92. The van der Waals surface area contributed by atoms with Crippen LogP contribution in [-0.2, 0) is 9.59 Å². The predicted molar refractivity (Wildman–Crippen MR) is 107 cm³/mol. The third-order valence-electron chi connectivity index (χ3n) is 5.65. The summed E-state index contributed by atoms with van der Waals surface area (Å²) in [7, 11) is 3.08. The summed E-state index contributed by atoms with van der Waals surface area (Å²) < 4.78 is 10.9. The van der Waals surface area contributed by atoms with Gasteiger partial charge in [0.05, 0.1) is 7.11 Å². The van der Waals surface area contributed by atoms with Gasteiger partial charge in [-0.1, -0.05) is 26.0 Å². The molecule has 8 heteroatoms. The van der Waals surface area contributed by atoms with E-state index in [9.17, 15) is 14.4 Å². The number of carbonyl (C=O) groups excluding carboxylic acids is 3. The van der Waals surface area contributed by atoms with E-state index in [0.29, 0.717) is 44.0 Å². The molecule has 0 aromatic heterocycles. The molecule has 0 radical (unpaired) electrons. The first-order valence-electron chi connectivity index (χ1n) is 9.93. The summed E-state index contributed by atoms with van der Waals surface area (Å²) in [6.07, 6.45) is 0.879. The van der Waals surface area contributed by atoms with Crippen molar-refractivity contribution in [2.75, 3.05) is 40.4 Å². The first-order valence-corrected chi connectivity index (χ1v) is 9.93. The van der Waals surface area contributed by atoms with Crippen LogP contribution in [-0.4, -0.2) is 78.5 Å². The highest BCUT2D eigenvalue weighted by Crippen LogP contribution is 2.37. The molecule has 2 aliphatic rings. The maximum absolute atomic E-state index is 12.9. The summed E-state index contributed by atoms with van der Waals surface area (Å²) in [5.41, 5.74) is -0.837. The SMILES string of the molecule is COc1ccccc1OCC(=O)N1CCC2(CC1)C(=O)N(C)C(=O)N2CC(C)C. The van der Waals surface area contributed by atoms with Crippen LogP contribution in [0.1, 0.15) is 26.7 Å². The number of rotatable bonds is 6. The zero-order chi connectivity index (χ0) is 21.2. The normalized spacial score (nSPS) is 18.7. The molecule has 2 heterocycles. The van der Waals surface area contributed by atoms with E-state index in [1.807, 2.05) is 26.0 Å². The number of ether oxygens (including phenoxy) is 2. The van der Waals surface area contributed by atoms with Crippen LogP contribution in [0.5, 0.6) is 11.5 Å². The number of likely N-dealkylation sites (tertiary alicyclic amines) is 1. The van der Waals surface area contributed by atoms with Crippen molar-refractivity contribution in [3.05, 3.63) is 24.3 Å². The first-order chi connectivity index (χ1) is 13.8. The Morgan fingerprint density at radius 3 is 2.34 bits per heavy atom. The molecule has 1 aromatic carbocycles. The Morgan fingerprint density at radius 2 is 1.76 bits per heavy atom. The number of benzene rings is 1. The standard InChI is InChI=1S/C21H29N3O5/c1-15(2)13-24-20(27)22(3)19(26)21(24)9-11-23(12-10-21)18(25)14-29-17-8-6-5-7-16(17)28-4/h5-8,15H,9-14H2,1-4H3. The topological polar surface area (TPSA) is 79.4 Å². The first kappa shape index (κ1) is 21.0. The van der Waals surface area contributed by atoms with Crippen molar-refractivity contribution >= 4 is 17.8 Å². The van der Waals surface area contributed by atoms with Crippen molar-refractivity contribution in [2.24, 2.45) is 5.92 Å². The van der Waals surface area contributed by atoms with Gasteiger partial charge in [0, 0.05) is 26.7 Å². The van der Waals surface area contributed by atoms with Gasteiger partial charge < -0.3 is 19.3 Å². The highest BCUT2D eigenvalue weighted by molar-refractivity contribution is 6.07. The van der Waals surface area contributed by atoms with Crippen LogP contribution in [0.3, 0.4) is 0 Å². The number of hydrogen-bond acceptors (Lipinski definition) is 5. The molecule has 0 unspecified atom stereocenters. The number of imide groups is 1. The zero-order valence-electron chi connectivity index (χ0n) is 17.5. The van der Waals surface area contributed by atoms with Gasteiger partial charge >= 0.3 is 6.03 Å². The van der Waals surface area contributed by atoms with Gasteiger partial charge in [0.25, 0.3) is 11.8 Å². The van der Waals surface area contributed by atoms with E-state index in [-0.39, 0.29) is 30.4 Å². The molecule has 1 aromatic rings. The monoisotopic (exact) mass is 403 g/mol. The van der Waals surface area contributed by atoms with E-state index >= 15 is 0 Å². The van der Waals surface area contributed by atoms with Gasteiger partial charge in [0.1, 0.15) is 5.54 Å². The molecule has 2 saturated heterocycles. The van der Waals surface area contributed by atoms with Crippen molar-refractivity contribution in [1.82, 2.24) is 14.7 Å². The number of piperidine rings is 1. The number of likely N-dealkylation sites (N-methyl/N-ethyl adjacent to an activating group) is 1. The van der Waals surface area contributed by atoms with E-state index in [0.717, 1.165) is 0 Å². The van der Waals surface area contributed by atoms with E-state index in [1.54, 1.807) is 29.0 Å². The molecule has 2 fully saturated rings. The molecule has 2 aliphatic heterocycles. The van der Waals surface area contributed by atoms with Crippen LogP contribution in [0.4, 0.5) is 4.79 Å². The van der Waals surface area contributed by atoms with Crippen molar-refractivity contribution in [3.8, 4) is 11.5 Å². The summed E-state index contributed by atoms with van der Waals surface area (Å²) in [5, 5.41) is 0. The molecule has 4 amide bonds. The maximum Gasteiger partial charge on any atom is 0.327 e. The van der Waals surface area contributed by atoms with Gasteiger partial charge in [0.15, 0.2) is 18.1 Å². The third-order valence-corrected chi connectivity index (χ3v) is 5.65. The minimum absolute atomic E-state index is 0.101. The number of hydrogen-bond donors (Lipinski definition) is 0. The van der Waals surface area contributed by atoms with E-state index in [1.165, 1.54) is 11.9 Å². The molecule has 29 heavy (non-hydrogen) atoms. The molecule has 0 aliphatic carbocycles. The Kier molecular flexibility index (Phi) is 6.00. The number of methoxy groups -OCH3 is 1.